The topological polar surface area (TPSA) is 114 Å². The van der Waals surface area contributed by atoms with Crippen molar-refractivity contribution >= 4 is 15.8 Å². The summed E-state index contributed by atoms with van der Waals surface area (Å²) in [6, 6.07) is 1.86. The molecule has 0 aliphatic rings. The van der Waals surface area contributed by atoms with Gasteiger partial charge in [-0.25, -0.2) is 8.42 Å². The highest BCUT2D eigenvalue weighted by Gasteiger charge is 2.26. The van der Waals surface area contributed by atoms with Gasteiger partial charge in [-0.3, -0.25) is 9.40 Å². The number of hydrogen-bond acceptors (Lipinski definition) is 6. The van der Waals surface area contributed by atoms with Gasteiger partial charge in [-0.15, -0.1) is 0 Å². The Bertz CT molecular complexity index is 746. The molecule has 19 heavy (non-hydrogen) atoms. The van der Waals surface area contributed by atoms with E-state index in [2.05, 4.69) is 15.0 Å². The van der Waals surface area contributed by atoms with E-state index in [1.807, 2.05) is 6.07 Å². The summed E-state index contributed by atoms with van der Waals surface area (Å²) in [5.74, 6) is 0.285. The number of nitriles is 1. The average molecular weight is 281 g/mol. The van der Waals surface area contributed by atoms with Crippen LogP contribution in [-0.4, -0.2) is 23.4 Å². The summed E-state index contributed by atoms with van der Waals surface area (Å²) in [4.78, 5) is -0.0300. The summed E-state index contributed by atoms with van der Waals surface area (Å²) in [7, 11) is -2.34. The first-order valence-corrected chi connectivity index (χ1v) is 6.73. The van der Waals surface area contributed by atoms with E-state index in [-0.39, 0.29) is 27.7 Å². The Morgan fingerprint density at radius 1 is 1.47 bits per heavy atom. The largest absolute Gasteiger partial charge is 0.360 e. The van der Waals surface area contributed by atoms with E-state index < -0.39 is 10.0 Å². The lowest BCUT2D eigenvalue weighted by molar-refractivity contribution is 0.390. The molecule has 0 fully saturated rings. The van der Waals surface area contributed by atoms with Gasteiger partial charge >= 0.3 is 0 Å². The number of aryl methyl sites for hydroxylation is 3. The number of rotatable bonds is 3. The molecule has 0 aromatic carbocycles. The lowest BCUT2D eigenvalue weighted by atomic mass is 10.4. The van der Waals surface area contributed by atoms with Crippen LogP contribution in [0.2, 0.25) is 0 Å². The first-order chi connectivity index (χ1) is 8.86. The lowest BCUT2D eigenvalue weighted by Crippen LogP contribution is -2.17. The van der Waals surface area contributed by atoms with Crippen LogP contribution in [0.1, 0.15) is 17.0 Å². The second-order valence-corrected chi connectivity index (χ2v) is 5.52. The van der Waals surface area contributed by atoms with Crippen LogP contribution in [0.15, 0.2) is 15.6 Å². The van der Waals surface area contributed by atoms with E-state index in [1.54, 1.807) is 0 Å². The van der Waals surface area contributed by atoms with Gasteiger partial charge in [0.15, 0.2) is 16.5 Å². The third-order valence-electron chi connectivity index (χ3n) is 2.53. The predicted molar refractivity (Wildman–Crippen MR) is 64.7 cm³/mol. The summed E-state index contributed by atoms with van der Waals surface area (Å²) >= 11 is 0. The van der Waals surface area contributed by atoms with Crippen LogP contribution >= 0.6 is 0 Å². The van der Waals surface area contributed by atoms with E-state index in [4.69, 9.17) is 9.78 Å². The minimum atomic E-state index is -3.87. The van der Waals surface area contributed by atoms with Gasteiger partial charge in [-0.2, -0.15) is 10.4 Å². The third-order valence-corrected chi connectivity index (χ3v) is 4.11. The molecular weight excluding hydrogens is 270 g/mol. The fraction of sp³-hybridized carbons (Fsp3) is 0.300. The fourth-order valence-electron chi connectivity index (χ4n) is 1.68. The quantitative estimate of drug-likeness (QED) is 0.885. The van der Waals surface area contributed by atoms with Crippen LogP contribution in [0.3, 0.4) is 0 Å². The Morgan fingerprint density at radius 2 is 2.16 bits per heavy atom. The molecule has 2 heterocycles. The molecule has 0 unspecified atom stereocenters. The molecule has 2 aromatic heterocycles. The van der Waals surface area contributed by atoms with Crippen LogP contribution in [0.4, 0.5) is 5.82 Å². The average Bonchev–Trinajstić information content (AvgIpc) is 2.84. The van der Waals surface area contributed by atoms with Gasteiger partial charge < -0.3 is 4.52 Å². The minimum Gasteiger partial charge on any atom is -0.360 e. The van der Waals surface area contributed by atoms with Crippen molar-refractivity contribution in [2.45, 2.75) is 18.7 Å². The van der Waals surface area contributed by atoms with Crippen LogP contribution in [-0.2, 0) is 17.1 Å². The number of anilines is 1. The number of nitrogens with zero attached hydrogens (tertiary/aromatic N) is 4. The van der Waals surface area contributed by atoms with Crippen molar-refractivity contribution in [1.29, 1.82) is 5.26 Å². The van der Waals surface area contributed by atoms with E-state index in [0.717, 1.165) is 0 Å². The highest BCUT2D eigenvalue weighted by molar-refractivity contribution is 7.92. The SMILES string of the molecule is Cc1noc(C)c1S(=O)(=O)Nc1c(C#N)cnn1C. The van der Waals surface area contributed by atoms with E-state index in [1.165, 1.54) is 31.8 Å². The van der Waals surface area contributed by atoms with Crippen LogP contribution in [0.25, 0.3) is 0 Å². The van der Waals surface area contributed by atoms with E-state index in [0.29, 0.717) is 0 Å². The van der Waals surface area contributed by atoms with Crippen molar-refractivity contribution in [1.82, 2.24) is 14.9 Å². The zero-order valence-electron chi connectivity index (χ0n) is 10.5. The number of aromatic nitrogens is 3. The van der Waals surface area contributed by atoms with Crippen LogP contribution in [0.5, 0.6) is 0 Å². The maximum Gasteiger partial charge on any atom is 0.268 e. The molecule has 0 atom stereocenters. The molecule has 0 saturated carbocycles. The number of hydrogen-bond donors (Lipinski definition) is 1. The minimum absolute atomic E-state index is 0.0300. The molecule has 0 bridgehead atoms. The molecular formula is C10H11N5O3S. The van der Waals surface area contributed by atoms with Gasteiger partial charge in [-0.05, 0) is 13.8 Å². The Kier molecular flexibility index (Phi) is 3.03. The van der Waals surface area contributed by atoms with Crippen molar-refractivity contribution in [3.05, 3.63) is 23.2 Å². The molecule has 0 aliphatic heterocycles. The monoisotopic (exact) mass is 281 g/mol. The molecule has 1 N–H and O–H groups in total. The Morgan fingerprint density at radius 3 is 2.68 bits per heavy atom. The fourth-order valence-corrected chi connectivity index (χ4v) is 3.12. The Labute approximate surface area is 109 Å². The standard InChI is InChI=1S/C10H11N5O3S/c1-6-9(7(2)18-13-6)19(16,17)14-10-8(4-11)5-12-15(10)3/h5,14H,1-3H3. The molecule has 100 valence electrons. The van der Waals surface area contributed by atoms with Crippen molar-refractivity contribution in [2.75, 3.05) is 4.72 Å². The predicted octanol–water partition coefficient (Wildman–Crippen LogP) is 0.697. The van der Waals surface area contributed by atoms with Crippen LogP contribution in [0, 0.1) is 25.2 Å². The second-order valence-electron chi connectivity index (χ2n) is 3.90. The molecule has 0 aliphatic carbocycles. The van der Waals surface area contributed by atoms with E-state index >= 15 is 0 Å². The molecule has 0 amide bonds. The highest BCUT2D eigenvalue weighted by Crippen LogP contribution is 2.23. The smallest absolute Gasteiger partial charge is 0.268 e. The summed E-state index contributed by atoms with van der Waals surface area (Å²) in [5, 5.41) is 16.3. The molecule has 2 rings (SSSR count). The van der Waals surface area contributed by atoms with Crippen LogP contribution < -0.4 is 4.72 Å². The first kappa shape index (κ1) is 13.1. The van der Waals surface area contributed by atoms with Gasteiger partial charge in [0.05, 0.1) is 6.20 Å². The van der Waals surface area contributed by atoms with Gasteiger partial charge in [0, 0.05) is 7.05 Å². The third kappa shape index (κ3) is 2.17. The molecule has 0 radical (unpaired) electrons. The van der Waals surface area contributed by atoms with Crippen molar-refractivity contribution in [3.8, 4) is 6.07 Å². The Hall–Kier alpha value is -2.34. The van der Waals surface area contributed by atoms with Crippen molar-refractivity contribution < 1.29 is 12.9 Å². The van der Waals surface area contributed by atoms with Gasteiger partial charge in [0.25, 0.3) is 10.0 Å². The summed E-state index contributed by atoms with van der Waals surface area (Å²) < 4.78 is 32.9. The molecule has 0 spiro atoms. The zero-order valence-corrected chi connectivity index (χ0v) is 11.3. The lowest BCUT2D eigenvalue weighted by Gasteiger charge is -2.07. The maximum atomic E-state index is 12.3. The summed E-state index contributed by atoms with van der Waals surface area (Å²) in [6.45, 7) is 3.03. The highest BCUT2D eigenvalue weighted by atomic mass is 32.2. The van der Waals surface area contributed by atoms with Gasteiger partial charge in [-0.1, -0.05) is 5.16 Å². The molecule has 9 heteroatoms. The summed E-state index contributed by atoms with van der Waals surface area (Å²) in [6.07, 6.45) is 1.28. The van der Waals surface area contributed by atoms with Gasteiger partial charge in [0.2, 0.25) is 0 Å². The maximum absolute atomic E-state index is 12.3. The number of nitrogens with one attached hydrogen (secondary N) is 1. The van der Waals surface area contributed by atoms with Crippen molar-refractivity contribution in [2.24, 2.45) is 7.05 Å². The van der Waals surface area contributed by atoms with E-state index in [9.17, 15) is 8.42 Å². The first-order valence-electron chi connectivity index (χ1n) is 5.24. The Balaban J connectivity index is 2.49. The summed E-state index contributed by atoms with van der Waals surface area (Å²) in [5.41, 5.74) is 0.392. The van der Waals surface area contributed by atoms with Gasteiger partial charge in [0.1, 0.15) is 17.3 Å². The van der Waals surface area contributed by atoms with Crippen molar-refractivity contribution in [3.63, 3.8) is 0 Å². The molecule has 0 saturated heterocycles. The molecule has 2 aromatic rings. The molecule has 8 nitrogen and oxygen atoms in total. The second kappa shape index (κ2) is 4.40. The normalized spacial score (nSPS) is 11.3. The zero-order chi connectivity index (χ0) is 14.2. The number of sulfonamides is 1.